The molecule has 0 bridgehead atoms. The van der Waals surface area contributed by atoms with Gasteiger partial charge in [0.15, 0.2) is 0 Å². The average Bonchev–Trinajstić information content (AvgIpc) is 2.57. The Morgan fingerprint density at radius 3 is 2.50 bits per heavy atom. The van der Waals surface area contributed by atoms with Crippen LogP contribution < -0.4 is 0 Å². The van der Waals surface area contributed by atoms with Crippen molar-refractivity contribution >= 4 is 5.97 Å². The van der Waals surface area contributed by atoms with E-state index in [1.54, 1.807) is 12.2 Å². The number of rotatable bonds is 5. The maximum Gasteiger partial charge on any atom is 0.315 e. The summed E-state index contributed by atoms with van der Waals surface area (Å²) >= 11 is 0. The van der Waals surface area contributed by atoms with Crippen LogP contribution in [0.15, 0.2) is 25.3 Å². The van der Waals surface area contributed by atoms with Crippen LogP contribution >= 0.6 is 0 Å². The molecule has 1 aliphatic rings. The van der Waals surface area contributed by atoms with E-state index < -0.39 is 11.0 Å². The van der Waals surface area contributed by atoms with Crippen molar-refractivity contribution in [3.8, 4) is 0 Å². The molecule has 1 fully saturated rings. The summed E-state index contributed by atoms with van der Waals surface area (Å²) in [5, 5.41) is 10.6. The zero-order valence-electron chi connectivity index (χ0n) is 9.87. The van der Waals surface area contributed by atoms with E-state index in [-0.39, 0.29) is 5.97 Å². The monoisotopic (exact) mass is 224 g/mol. The summed E-state index contributed by atoms with van der Waals surface area (Å²) in [6, 6.07) is 0. The molecule has 3 nitrogen and oxygen atoms in total. The topological polar surface area (TPSA) is 46.5 Å². The van der Waals surface area contributed by atoms with Crippen molar-refractivity contribution < 1.29 is 14.6 Å². The van der Waals surface area contributed by atoms with Gasteiger partial charge in [-0.1, -0.05) is 12.2 Å². The van der Waals surface area contributed by atoms with Crippen molar-refractivity contribution in [3.63, 3.8) is 0 Å². The summed E-state index contributed by atoms with van der Waals surface area (Å²) in [6.45, 7) is 7.31. The second kappa shape index (κ2) is 4.83. The van der Waals surface area contributed by atoms with E-state index in [2.05, 4.69) is 13.2 Å². The zero-order valence-corrected chi connectivity index (χ0v) is 9.87. The molecule has 90 valence electrons. The molecule has 0 aliphatic heterocycles. The summed E-state index contributed by atoms with van der Waals surface area (Å²) in [5.74, 6) is -0.339. The smallest absolute Gasteiger partial charge is 0.315 e. The number of esters is 1. The van der Waals surface area contributed by atoms with Gasteiger partial charge in [-0.2, -0.15) is 0 Å². The van der Waals surface area contributed by atoms with Gasteiger partial charge < -0.3 is 9.84 Å². The van der Waals surface area contributed by atoms with E-state index in [4.69, 9.17) is 4.74 Å². The molecular formula is C13H20O3. The van der Waals surface area contributed by atoms with Crippen LogP contribution in [0.1, 0.15) is 32.1 Å². The van der Waals surface area contributed by atoms with Gasteiger partial charge in [0, 0.05) is 0 Å². The lowest BCUT2D eigenvalue weighted by molar-refractivity contribution is -0.168. The number of carbonyl (C=O) groups is 1. The molecule has 0 saturated heterocycles. The minimum atomic E-state index is -1.03. The molecule has 0 heterocycles. The van der Waals surface area contributed by atoms with Crippen LogP contribution in [-0.4, -0.2) is 23.8 Å². The molecule has 2 atom stereocenters. The van der Waals surface area contributed by atoms with Crippen LogP contribution in [0.5, 0.6) is 0 Å². The highest BCUT2D eigenvalue weighted by molar-refractivity contribution is 5.79. The molecule has 1 N–H and O–H groups in total. The van der Waals surface area contributed by atoms with Crippen molar-refractivity contribution in [2.45, 2.75) is 37.7 Å². The van der Waals surface area contributed by atoms with Gasteiger partial charge in [0.25, 0.3) is 0 Å². The lowest BCUT2D eigenvalue weighted by Crippen LogP contribution is -2.49. The molecule has 16 heavy (non-hydrogen) atoms. The number of ether oxygens (including phenoxy) is 1. The molecule has 1 aliphatic carbocycles. The number of aliphatic hydroxyl groups is 1. The Hall–Kier alpha value is -1.09. The third-order valence-corrected chi connectivity index (χ3v) is 3.64. The standard InChI is InChI=1S/C13H20O3/c1-4-7-12(11(14)16-3)9-6-10-13(12,15)8-5-2/h4-5,15H,1-2,6-10H2,3H3. The molecule has 3 heteroatoms. The first-order valence-corrected chi connectivity index (χ1v) is 5.59. The maximum absolute atomic E-state index is 12.0. The minimum absolute atomic E-state index is 0.339. The fourth-order valence-corrected chi connectivity index (χ4v) is 2.80. The predicted molar refractivity (Wildman–Crippen MR) is 62.9 cm³/mol. The van der Waals surface area contributed by atoms with E-state index in [0.29, 0.717) is 25.7 Å². The average molecular weight is 224 g/mol. The number of methoxy groups -OCH3 is 1. The highest BCUT2D eigenvalue weighted by Gasteiger charge is 2.58. The van der Waals surface area contributed by atoms with E-state index in [0.717, 1.165) is 6.42 Å². The summed E-state index contributed by atoms with van der Waals surface area (Å²) in [6.07, 6.45) is 6.29. The van der Waals surface area contributed by atoms with Crippen molar-refractivity contribution in [1.29, 1.82) is 0 Å². The molecule has 1 rings (SSSR count). The highest BCUT2D eigenvalue weighted by atomic mass is 16.5. The molecular weight excluding hydrogens is 204 g/mol. The van der Waals surface area contributed by atoms with Gasteiger partial charge >= 0.3 is 5.97 Å². The Bertz CT molecular complexity index is 298. The Morgan fingerprint density at radius 1 is 1.38 bits per heavy atom. The largest absolute Gasteiger partial charge is 0.468 e. The number of carbonyl (C=O) groups excluding carboxylic acids is 1. The number of hydrogen-bond donors (Lipinski definition) is 1. The van der Waals surface area contributed by atoms with Gasteiger partial charge in [-0.05, 0) is 32.1 Å². The second-order valence-corrected chi connectivity index (χ2v) is 4.44. The minimum Gasteiger partial charge on any atom is -0.468 e. The number of hydrogen-bond acceptors (Lipinski definition) is 3. The molecule has 0 radical (unpaired) electrons. The summed E-state index contributed by atoms with van der Waals surface area (Å²) in [7, 11) is 1.36. The highest BCUT2D eigenvalue weighted by Crippen LogP contribution is 2.51. The Balaban J connectivity index is 3.11. The van der Waals surface area contributed by atoms with E-state index >= 15 is 0 Å². The van der Waals surface area contributed by atoms with E-state index in [1.165, 1.54) is 7.11 Å². The van der Waals surface area contributed by atoms with Crippen LogP contribution in [0.25, 0.3) is 0 Å². The van der Waals surface area contributed by atoms with Gasteiger partial charge in [0.2, 0.25) is 0 Å². The third-order valence-electron chi connectivity index (χ3n) is 3.64. The summed E-state index contributed by atoms with van der Waals surface area (Å²) < 4.78 is 4.85. The zero-order chi connectivity index (χ0) is 12.2. The van der Waals surface area contributed by atoms with Crippen molar-refractivity contribution in [2.24, 2.45) is 5.41 Å². The molecule has 0 amide bonds. The SMILES string of the molecule is C=CCC1(O)CCCC1(CC=C)C(=O)OC. The van der Waals surface area contributed by atoms with Crippen LogP contribution in [0, 0.1) is 5.41 Å². The molecule has 0 spiro atoms. The van der Waals surface area contributed by atoms with Crippen molar-refractivity contribution in [1.82, 2.24) is 0 Å². The Kier molecular flexibility index (Phi) is 3.92. The first-order chi connectivity index (χ1) is 7.56. The Labute approximate surface area is 96.8 Å². The molecule has 0 aromatic heterocycles. The van der Waals surface area contributed by atoms with Crippen LogP contribution in [0.3, 0.4) is 0 Å². The normalized spacial score (nSPS) is 33.4. The van der Waals surface area contributed by atoms with Crippen LogP contribution in [0.4, 0.5) is 0 Å². The first-order valence-electron chi connectivity index (χ1n) is 5.59. The molecule has 2 unspecified atom stereocenters. The van der Waals surface area contributed by atoms with Gasteiger partial charge in [-0.3, -0.25) is 4.79 Å². The Morgan fingerprint density at radius 2 is 2.00 bits per heavy atom. The lowest BCUT2D eigenvalue weighted by Gasteiger charge is -2.39. The van der Waals surface area contributed by atoms with Gasteiger partial charge in [0.1, 0.15) is 5.41 Å². The number of allylic oxidation sites excluding steroid dienone is 1. The van der Waals surface area contributed by atoms with Crippen molar-refractivity contribution in [3.05, 3.63) is 25.3 Å². The van der Waals surface area contributed by atoms with Crippen LogP contribution in [0.2, 0.25) is 0 Å². The lowest BCUT2D eigenvalue weighted by atomic mass is 9.70. The van der Waals surface area contributed by atoms with E-state index in [9.17, 15) is 9.90 Å². The maximum atomic E-state index is 12.0. The molecule has 0 aromatic rings. The predicted octanol–water partition coefficient (Wildman–Crippen LogP) is 2.21. The van der Waals surface area contributed by atoms with Crippen molar-refractivity contribution in [2.75, 3.05) is 7.11 Å². The van der Waals surface area contributed by atoms with Crippen LogP contribution in [-0.2, 0) is 9.53 Å². The third kappa shape index (κ3) is 1.80. The fourth-order valence-electron chi connectivity index (χ4n) is 2.80. The fraction of sp³-hybridized carbons (Fsp3) is 0.615. The second-order valence-electron chi connectivity index (χ2n) is 4.44. The van der Waals surface area contributed by atoms with Gasteiger partial charge in [-0.15, -0.1) is 13.2 Å². The van der Waals surface area contributed by atoms with Gasteiger partial charge in [0.05, 0.1) is 12.7 Å². The first kappa shape index (κ1) is 13.0. The molecule has 0 aromatic carbocycles. The molecule has 1 saturated carbocycles. The van der Waals surface area contributed by atoms with Gasteiger partial charge in [-0.25, -0.2) is 0 Å². The summed E-state index contributed by atoms with van der Waals surface area (Å²) in [4.78, 5) is 12.0. The van der Waals surface area contributed by atoms with E-state index in [1.807, 2.05) is 0 Å². The quantitative estimate of drug-likeness (QED) is 0.575. The summed E-state index contributed by atoms with van der Waals surface area (Å²) in [5.41, 5.74) is -1.87.